The topological polar surface area (TPSA) is 24.9 Å². The van der Waals surface area contributed by atoms with Gasteiger partial charge in [0.25, 0.3) is 0 Å². The Kier molecular flexibility index (Phi) is 5.18. The van der Waals surface area contributed by atoms with Gasteiger partial charge in [-0.15, -0.1) is 0 Å². The van der Waals surface area contributed by atoms with Crippen LogP contribution in [0.1, 0.15) is 57.2 Å². The van der Waals surface area contributed by atoms with E-state index in [1.165, 1.54) is 43.4 Å². The second-order valence-corrected chi connectivity index (χ2v) is 5.65. The molecule has 2 rings (SSSR count). The summed E-state index contributed by atoms with van der Waals surface area (Å²) in [7, 11) is 0. The molecule has 1 saturated carbocycles. The molecule has 0 spiro atoms. The Morgan fingerprint density at radius 2 is 2.17 bits per heavy atom. The van der Waals surface area contributed by atoms with Gasteiger partial charge in [0.05, 0.1) is 5.69 Å². The van der Waals surface area contributed by atoms with E-state index < -0.39 is 0 Å². The second-order valence-electron chi connectivity index (χ2n) is 5.65. The van der Waals surface area contributed by atoms with E-state index in [9.17, 15) is 0 Å². The molecule has 2 heteroatoms. The van der Waals surface area contributed by atoms with Crippen molar-refractivity contribution in [3.05, 3.63) is 29.6 Å². The van der Waals surface area contributed by atoms with Gasteiger partial charge in [0, 0.05) is 18.8 Å². The molecule has 0 bridgehead atoms. The Labute approximate surface area is 111 Å². The number of aromatic nitrogens is 1. The van der Waals surface area contributed by atoms with Crippen molar-refractivity contribution in [1.82, 2.24) is 10.3 Å². The minimum Gasteiger partial charge on any atom is -0.308 e. The zero-order valence-electron chi connectivity index (χ0n) is 11.8. The van der Waals surface area contributed by atoms with Gasteiger partial charge in [-0.25, -0.2) is 0 Å². The minimum absolute atomic E-state index is 0.696. The number of aryl methyl sites for hydroxylation is 1. The van der Waals surface area contributed by atoms with Crippen molar-refractivity contribution in [2.24, 2.45) is 5.92 Å². The zero-order valence-corrected chi connectivity index (χ0v) is 11.8. The van der Waals surface area contributed by atoms with Crippen LogP contribution >= 0.6 is 0 Å². The second kappa shape index (κ2) is 6.89. The van der Waals surface area contributed by atoms with Crippen LogP contribution in [0, 0.1) is 5.92 Å². The lowest BCUT2D eigenvalue weighted by molar-refractivity contribution is 0.444. The van der Waals surface area contributed by atoms with E-state index in [0.29, 0.717) is 6.04 Å². The van der Waals surface area contributed by atoms with Crippen LogP contribution in [0.15, 0.2) is 18.3 Å². The fourth-order valence-electron chi connectivity index (χ4n) is 2.88. The van der Waals surface area contributed by atoms with Gasteiger partial charge in [-0.1, -0.05) is 32.8 Å². The molecule has 2 unspecified atom stereocenters. The first kappa shape index (κ1) is 13.5. The molecule has 1 N–H and O–H groups in total. The van der Waals surface area contributed by atoms with Crippen LogP contribution in [-0.4, -0.2) is 11.0 Å². The molecule has 0 radical (unpaired) electrons. The van der Waals surface area contributed by atoms with Crippen LogP contribution < -0.4 is 5.32 Å². The normalized spacial score (nSPS) is 24.8. The van der Waals surface area contributed by atoms with E-state index in [1.54, 1.807) is 0 Å². The van der Waals surface area contributed by atoms with Gasteiger partial charge >= 0.3 is 0 Å². The standard InChI is InChI=1S/C16H26N2/c1-3-14-7-5-11-17-16(14)12-18-15-8-4-6-13(2)9-10-15/h5,7,11,13,15,18H,3-4,6,8-10,12H2,1-2H3. The van der Waals surface area contributed by atoms with Crippen LogP contribution in [0.4, 0.5) is 0 Å². The highest BCUT2D eigenvalue weighted by Crippen LogP contribution is 2.22. The van der Waals surface area contributed by atoms with Crippen LogP contribution in [0.25, 0.3) is 0 Å². The molecule has 1 fully saturated rings. The Hall–Kier alpha value is -0.890. The summed E-state index contributed by atoms with van der Waals surface area (Å²) in [5.41, 5.74) is 2.62. The average molecular weight is 246 g/mol. The maximum atomic E-state index is 4.51. The third-order valence-corrected chi connectivity index (χ3v) is 4.18. The number of rotatable bonds is 4. The smallest absolute Gasteiger partial charge is 0.0573 e. The van der Waals surface area contributed by atoms with E-state index >= 15 is 0 Å². The summed E-state index contributed by atoms with van der Waals surface area (Å²) in [5, 5.41) is 3.71. The Morgan fingerprint density at radius 3 is 3.00 bits per heavy atom. The highest BCUT2D eigenvalue weighted by Gasteiger charge is 2.15. The van der Waals surface area contributed by atoms with E-state index in [4.69, 9.17) is 0 Å². The van der Waals surface area contributed by atoms with E-state index in [2.05, 4.69) is 30.2 Å². The fraction of sp³-hybridized carbons (Fsp3) is 0.688. The molecule has 2 atom stereocenters. The summed E-state index contributed by atoms with van der Waals surface area (Å²) in [4.78, 5) is 4.51. The summed E-state index contributed by atoms with van der Waals surface area (Å²) < 4.78 is 0. The SMILES string of the molecule is CCc1cccnc1CNC1CCCC(C)CC1. The number of nitrogens with one attached hydrogen (secondary N) is 1. The summed E-state index contributed by atoms with van der Waals surface area (Å²) in [6.07, 6.45) is 9.80. The van der Waals surface area contributed by atoms with Crippen LogP contribution in [0.3, 0.4) is 0 Å². The molecular formula is C16H26N2. The van der Waals surface area contributed by atoms with Gasteiger partial charge < -0.3 is 5.32 Å². The van der Waals surface area contributed by atoms with Crippen molar-refractivity contribution in [3.63, 3.8) is 0 Å². The van der Waals surface area contributed by atoms with Gasteiger partial charge in [0.2, 0.25) is 0 Å². The van der Waals surface area contributed by atoms with Crippen LogP contribution in [-0.2, 0) is 13.0 Å². The molecule has 0 amide bonds. The highest BCUT2D eigenvalue weighted by molar-refractivity contribution is 5.19. The molecule has 100 valence electrons. The van der Waals surface area contributed by atoms with Gasteiger partial charge in [-0.3, -0.25) is 4.98 Å². The van der Waals surface area contributed by atoms with Gasteiger partial charge in [-0.2, -0.15) is 0 Å². The van der Waals surface area contributed by atoms with Crippen LogP contribution in [0.2, 0.25) is 0 Å². The predicted octanol–water partition coefficient (Wildman–Crippen LogP) is 3.70. The zero-order chi connectivity index (χ0) is 12.8. The third-order valence-electron chi connectivity index (χ3n) is 4.18. The van der Waals surface area contributed by atoms with Crippen molar-refractivity contribution in [2.75, 3.05) is 0 Å². The molecule has 2 nitrogen and oxygen atoms in total. The third kappa shape index (κ3) is 3.81. The van der Waals surface area contributed by atoms with Crippen molar-refractivity contribution in [1.29, 1.82) is 0 Å². The Bertz CT molecular complexity index is 362. The lowest BCUT2D eigenvalue weighted by atomic mass is 10.0. The maximum absolute atomic E-state index is 4.51. The molecule has 1 aromatic heterocycles. The summed E-state index contributed by atoms with van der Waals surface area (Å²) >= 11 is 0. The molecule has 1 aromatic rings. The van der Waals surface area contributed by atoms with E-state index in [0.717, 1.165) is 18.9 Å². The number of hydrogen-bond acceptors (Lipinski definition) is 2. The van der Waals surface area contributed by atoms with Gasteiger partial charge in [-0.05, 0) is 43.2 Å². The van der Waals surface area contributed by atoms with E-state index in [-0.39, 0.29) is 0 Å². The molecule has 0 aromatic carbocycles. The van der Waals surface area contributed by atoms with Crippen LogP contribution in [0.5, 0.6) is 0 Å². The summed E-state index contributed by atoms with van der Waals surface area (Å²) in [5.74, 6) is 0.915. The number of hydrogen-bond donors (Lipinski definition) is 1. The number of pyridine rings is 1. The minimum atomic E-state index is 0.696. The average Bonchev–Trinajstić information content (AvgIpc) is 2.61. The first-order valence-electron chi connectivity index (χ1n) is 7.45. The largest absolute Gasteiger partial charge is 0.308 e. The highest BCUT2D eigenvalue weighted by atomic mass is 14.9. The lowest BCUT2D eigenvalue weighted by Gasteiger charge is -2.17. The molecule has 0 aliphatic heterocycles. The molecular weight excluding hydrogens is 220 g/mol. The Morgan fingerprint density at radius 1 is 1.28 bits per heavy atom. The van der Waals surface area contributed by atoms with Crippen molar-refractivity contribution in [2.45, 2.75) is 65.0 Å². The number of nitrogens with zero attached hydrogens (tertiary/aromatic N) is 1. The van der Waals surface area contributed by atoms with E-state index in [1.807, 2.05) is 12.3 Å². The summed E-state index contributed by atoms with van der Waals surface area (Å²) in [6, 6.07) is 4.93. The quantitative estimate of drug-likeness (QED) is 0.819. The van der Waals surface area contributed by atoms with Crippen molar-refractivity contribution >= 4 is 0 Å². The van der Waals surface area contributed by atoms with Gasteiger partial charge in [0.1, 0.15) is 0 Å². The Balaban J connectivity index is 1.87. The maximum Gasteiger partial charge on any atom is 0.0573 e. The predicted molar refractivity (Wildman–Crippen MR) is 76.5 cm³/mol. The monoisotopic (exact) mass is 246 g/mol. The van der Waals surface area contributed by atoms with Crippen molar-refractivity contribution < 1.29 is 0 Å². The molecule has 18 heavy (non-hydrogen) atoms. The molecule has 1 aliphatic carbocycles. The first-order valence-corrected chi connectivity index (χ1v) is 7.45. The molecule has 1 aliphatic rings. The first-order chi connectivity index (χ1) is 8.79. The lowest BCUT2D eigenvalue weighted by Crippen LogP contribution is -2.28. The molecule has 1 heterocycles. The fourth-order valence-corrected chi connectivity index (χ4v) is 2.88. The summed E-state index contributed by atoms with van der Waals surface area (Å²) in [6.45, 7) is 5.52. The van der Waals surface area contributed by atoms with Crippen molar-refractivity contribution in [3.8, 4) is 0 Å². The van der Waals surface area contributed by atoms with Gasteiger partial charge in [0.15, 0.2) is 0 Å². The molecule has 0 saturated heterocycles.